The molecule has 0 bridgehead atoms. The highest BCUT2D eigenvalue weighted by Gasteiger charge is 2.06. The Kier molecular flexibility index (Phi) is 7.63. The van der Waals surface area contributed by atoms with E-state index < -0.39 is 5.97 Å². The molecule has 4 nitrogen and oxygen atoms in total. The predicted octanol–water partition coefficient (Wildman–Crippen LogP) is 1.29. The molecular weight excluding hydrogens is 172 g/mol. The molecule has 0 aromatic carbocycles. The van der Waals surface area contributed by atoms with Crippen LogP contribution in [-0.4, -0.2) is 37.5 Å². The molecular formula is C9H18O4. The number of hydrogen-bond acceptors (Lipinski definition) is 3. The van der Waals surface area contributed by atoms with Crippen LogP contribution >= 0.6 is 0 Å². The van der Waals surface area contributed by atoms with Gasteiger partial charge in [-0.05, 0) is 6.42 Å². The molecule has 0 rings (SSSR count). The molecule has 0 heterocycles. The predicted molar refractivity (Wildman–Crippen MR) is 48.8 cm³/mol. The Labute approximate surface area is 78.8 Å². The minimum absolute atomic E-state index is 0.0581. The van der Waals surface area contributed by atoms with E-state index in [2.05, 4.69) is 6.92 Å². The largest absolute Gasteiger partial charge is 0.481 e. The maximum atomic E-state index is 10.1. The van der Waals surface area contributed by atoms with E-state index in [9.17, 15) is 4.79 Å². The fourth-order valence-electron chi connectivity index (χ4n) is 0.965. The summed E-state index contributed by atoms with van der Waals surface area (Å²) in [5.41, 5.74) is 0. The molecule has 0 aliphatic carbocycles. The Balaban J connectivity index is 3.32. The van der Waals surface area contributed by atoms with Crippen LogP contribution in [0.4, 0.5) is 0 Å². The van der Waals surface area contributed by atoms with Crippen molar-refractivity contribution in [2.75, 3.05) is 20.3 Å². The van der Waals surface area contributed by atoms with Crippen LogP contribution in [0.3, 0.4) is 0 Å². The first kappa shape index (κ1) is 12.4. The Morgan fingerprint density at radius 3 is 2.69 bits per heavy atom. The third-order valence-electron chi connectivity index (χ3n) is 1.71. The molecule has 1 unspecified atom stereocenters. The summed E-state index contributed by atoms with van der Waals surface area (Å²) in [7, 11) is 1.64. The van der Waals surface area contributed by atoms with E-state index in [1.54, 1.807) is 7.11 Å². The lowest BCUT2D eigenvalue weighted by Crippen LogP contribution is -2.19. The molecule has 0 saturated heterocycles. The number of carboxylic acids is 1. The second-order valence-electron chi connectivity index (χ2n) is 2.87. The molecule has 1 atom stereocenters. The van der Waals surface area contributed by atoms with E-state index in [4.69, 9.17) is 14.6 Å². The lowest BCUT2D eigenvalue weighted by Gasteiger charge is -2.13. The number of ether oxygens (including phenoxy) is 2. The third-order valence-corrected chi connectivity index (χ3v) is 1.71. The summed E-state index contributed by atoms with van der Waals surface area (Å²) in [5.74, 6) is -0.829. The molecule has 0 spiro atoms. The summed E-state index contributed by atoms with van der Waals surface area (Å²) in [6, 6.07) is 0. The van der Waals surface area contributed by atoms with Crippen molar-refractivity contribution in [3.05, 3.63) is 0 Å². The van der Waals surface area contributed by atoms with Crippen LogP contribution in [0.15, 0.2) is 0 Å². The van der Waals surface area contributed by atoms with E-state index in [0.29, 0.717) is 6.61 Å². The number of carbonyl (C=O) groups is 1. The molecule has 0 amide bonds. The zero-order valence-corrected chi connectivity index (χ0v) is 8.28. The van der Waals surface area contributed by atoms with Crippen LogP contribution in [0.5, 0.6) is 0 Å². The van der Waals surface area contributed by atoms with E-state index in [0.717, 1.165) is 12.8 Å². The number of carboxylic acid groups (broad SMARTS) is 1. The fourth-order valence-corrected chi connectivity index (χ4v) is 0.965. The molecule has 0 aliphatic rings. The molecule has 0 saturated carbocycles. The van der Waals surface area contributed by atoms with Crippen LogP contribution in [0.1, 0.15) is 26.2 Å². The van der Waals surface area contributed by atoms with Gasteiger partial charge in [-0.3, -0.25) is 4.79 Å². The molecule has 1 N–H and O–H groups in total. The lowest BCUT2D eigenvalue weighted by molar-refractivity contribution is -0.138. The Bertz CT molecular complexity index is 136. The van der Waals surface area contributed by atoms with Gasteiger partial charge in [0.15, 0.2) is 0 Å². The number of aliphatic carboxylic acids is 1. The van der Waals surface area contributed by atoms with Crippen molar-refractivity contribution in [3.8, 4) is 0 Å². The average Bonchev–Trinajstić information content (AvgIpc) is 2.10. The van der Waals surface area contributed by atoms with Crippen molar-refractivity contribution in [1.82, 2.24) is 0 Å². The van der Waals surface area contributed by atoms with Gasteiger partial charge in [0.1, 0.15) is 0 Å². The highest BCUT2D eigenvalue weighted by Crippen LogP contribution is 2.01. The smallest absolute Gasteiger partial charge is 0.305 e. The van der Waals surface area contributed by atoms with Gasteiger partial charge in [0.25, 0.3) is 0 Å². The van der Waals surface area contributed by atoms with E-state index in [1.807, 2.05) is 0 Å². The molecule has 0 radical (unpaired) electrons. The summed E-state index contributed by atoms with van der Waals surface area (Å²) in [4.78, 5) is 10.1. The SMILES string of the molecule is CCCC(COCCC(=O)O)OC. The highest BCUT2D eigenvalue weighted by molar-refractivity contribution is 5.66. The van der Waals surface area contributed by atoms with Crippen molar-refractivity contribution in [2.24, 2.45) is 0 Å². The van der Waals surface area contributed by atoms with Crippen LogP contribution in [0.25, 0.3) is 0 Å². The standard InChI is InChI=1S/C9H18O4/c1-3-4-8(12-2)7-13-6-5-9(10)11/h8H,3-7H2,1-2H3,(H,10,11). The molecule has 4 heteroatoms. The van der Waals surface area contributed by atoms with Crippen molar-refractivity contribution >= 4 is 5.97 Å². The van der Waals surface area contributed by atoms with Crippen molar-refractivity contribution in [3.63, 3.8) is 0 Å². The minimum Gasteiger partial charge on any atom is -0.481 e. The van der Waals surface area contributed by atoms with Crippen LogP contribution in [0.2, 0.25) is 0 Å². The first-order valence-corrected chi connectivity index (χ1v) is 4.53. The van der Waals surface area contributed by atoms with Gasteiger partial charge in [-0.25, -0.2) is 0 Å². The van der Waals surface area contributed by atoms with Crippen LogP contribution in [-0.2, 0) is 14.3 Å². The topological polar surface area (TPSA) is 55.8 Å². The van der Waals surface area contributed by atoms with Gasteiger partial charge in [0, 0.05) is 7.11 Å². The van der Waals surface area contributed by atoms with E-state index >= 15 is 0 Å². The molecule has 78 valence electrons. The summed E-state index contributed by atoms with van der Waals surface area (Å²) in [6.45, 7) is 2.82. The lowest BCUT2D eigenvalue weighted by atomic mass is 10.2. The fraction of sp³-hybridized carbons (Fsp3) is 0.889. The van der Waals surface area contributed by atoms with Gasteiger partial charge < -0.3 is 14.6 Å². The van der Waals surface area contributed by atoms with Gasteiger partial charge in [0.2, 0.25) is 0 Å². The van der Waals surface area contributed by atoms with Gasteiger partial charge in [0.05, 0.1) is 25.7 Å². The zero-order chi connectivity index (χ0) is 10.1. The minimum atomic E-state index is -0.829. The average molecular weight is 190 g/mol. The number of rotatable bonds is 8. The Hall–Kier alpha value is -0.610. The number of hydrogen-bond donors (Lipinski definition) is 1. The maximum Gasteiger partial charge on any atom is 0.305 e. The van der Waals surface area contributed by atoms with Gasteiger partial charge in [-0.1, -0.05) is 13.3 Å². The Morgan fingerprint density at radius 2 is 2.23 bits per heavy atom. The van der Waals surface area contributed by atoms with E-state index in [-0.39, 0.29) is 19.1 Å². The van der Waals surface area contributed by atoms with Crippen molar-refractivity contribution in [2.45, 2.75) is 32.3 Å². The highest BCUT2D eigenvalue weighted by atomic mass is 16.5. The summed E-state index contributed by atoms with van der Waals surface area (Å²) < 4.78 is 10.3. The van der Waals surface area contributed by atoms with Gasteiger partial charge >= 0.3 is 5.97 Å². The molecule has 0 aromatic rings. The zero-order valence-electron chi connectivity index (χ0n) is 8.28. The maximum absolute atomic E-state index is 10.1. The second kappa shape index (κ2) is 8.01. The molecule has 0 aliphatic heterocycles. The van der Waals surface area contributed by atoms with E-state index in [1.165, 1.54) is 0 Å². The summed E-state index contributed by atoms with van der Waals surface area (Å²) >= 11 is 0. The molecule has 0 aromatic heterocycles. The van der Waals surface area contributed by atoms with Gasteiger partial charge in [-0.15, -0.1) is 0 Å². The molecule has 0 fully saturated rings. The summed E-state index contributed by atoms with van der Waals surface area (Å²) in [6.07, 6.45) is 2.14. The Morgan fingerprint density at radius 1 is 1.54 bits per heavy atom. The quantitative estimate of drug-likeness (QED) is 0.586. The first-order chi connectivity index (χ1) is 6.20. The number of methoxy groups -OCH3 is 1. The van der Waals surface area contributed by atoms with Crippen molar-refractivity contribution < 1.29 is 19.4 Å². The summed E-state index contributed by atoms with van der Waals surface area (Å²) in [5, 5.41) is 8.33. The van der Waals surface area contributed by atoms with Gasteiger partial charge in [-0.2, -0.15) is 0 Å². The monoisotopic (exact) mass is 190 g/mol. The first-order valence-electron chi connectivity index (χ1n) is 4.53. The van der Waals surface area contributed by atoms with Crippen molar-refractivity contribution in [1.29, 1.82) is 0 Å². The third kappa shape index (κ3) is 7.74. The van der Waals surface area contributed by atoms with Crippen LogP contribution < -0.4 is 0 Å². The van der Waals surface area contributed by atoms with Crippen LogP contribution in [0, 0.1) is 0 Å². The molecule has 13 heavy (non-hydrogen) atoms. The second-order valence-corrected chi connectivity index (χ2v) is 2.87. The normalized spacial score (nSPS) is 12.8.